The molecule has 0 atom stereocenters. The number of hydrogen-bond acceptors (Lipinski definition) is 6. The van der Waals surface area contributed by atoms with E-state index >= 15 is 0 Å². The number of diazo groups is 1. The summed E-state index contributed by atoms with van der Waals surface area (Å²) in [4.78, 5) is 14.2. The SMILES string of the molecule is CCOC(=O)/C([N+]#N)=C(\O)CCC=C=Cc1cc(OC)cc(OC)c1. The van der Waals surface area contributed by atoms with E-state index in [9.17, 15) is 9.90 Å². The summed E-state index contributed by atoms with van der Waals surface area (Å²) in [6.45, 7) is 1.74. The zero-order valence-electron chi connectivity index (χ0n) is 14.5. The van der Waals surface area contributed by atoms with E-state index in [4.69, 9.17) is 14.9 Å². The molecule has 0 aromatic heterocycles. The first-order valence-corrected chi connectivity index (χ1v) is 7.64. The maximum Gasteiger partial charge on any atom is 0.505 e. The number of esters is 1. The molecule has 0 spiro atoms. The summed E-state index contributed by atoms with van der Waals surface area (Å²) >= 11 is 0. The maximum absolute atomic E-state index is 11.5. The van der Waals surface area contributed by atoms with Gasteiger partial charge in [0.2, 0.25) is 5.39 Å². The highest BCUT2D eigenvalue weighted by atomic mass is 16.5. The number of allylic oxidation sites excluding steroid dienone is 2. The molecular weight excluding hydrogens is 324 g/mol. The van der Waals surface area contributed by atoms with E-state index in [0.717, 1.165) is 5.56 Å². The molecule has 1 N–H and O–H groups in total. The predicted octanol–water partition coefficient (Wildman–Crippen LogP) is 3.84. The number of rotatable bonds is 8. The first kappa shape index (κ1) is 19.8. The average molecular weight is 345 g/mol. The van der Waals surface area contributed by atoms with Gasteiger partial charge in [0.1, 0.15) is 11.5 Å². The maximum atomic E-state index is 11.5. The molecule has 0 heterocycles. The largest absolute Gasteiger partial charge is 0.505 e. The first-order valence-electron chi connectivity index (χ1n) is 7.64. The summed E-state index contributed by atoms with van der Waals surface area (Å²) in [5.41, 5.74) is 3.32. The van der Waals surface area contributed by atoms with Crippen molar-refractivity contribution in [2.24, 2.45) is 0 Å². The van der Waals surface area contributed by atoms with Crippen molar-refractivity contribution in [3.8, 4) is 11.5 Å². The fraction of sp³-hybridized carbons (Fsp3) is 0.333. The van der Waals surface area contributed by atoms with Crippen molar-refractivity contribution < 1.29 is 24.1 Å². The van der Waals surface area contributed by atoms with Gasteiger partial charge >= 0.3 is 11.7 Å². The molecule has 25 heavy (non-hydrogen) atoms. The predicted molar refractivity (Wildman–Crippen MR) is 92.7 cm³/mol. The Hall–Kier alpha value is -3.23. The highest BCUT2D eigenvalue weighted by molar-refractivity contribution is 5.90. The first-order chi connectivity index (χ1) is 12.0. The second-order valence-electron chi connectivity index (χ2n) is 4.82. The van der Waals surface area contributed by atoms with Gasteiger partial charge in [0.15, 0.2) is 10.7 Å². The number of aliphatic hydroxyl groups is 1. The van der Waals surface area contributed by atoms with Crippen molar-refractivity contribution in [3.63, 3.8) is 0 Å². The van der Waals surface area contributed by atoms with Crippen molar-refractivity contribution in [1.29, 1.82) is 5.39 Å². The third-order valence-corrected chi connectivity index (χ3v) is 3.11. The average Bonchev–Trinajstić information content (AvgIpc) is 2.61. The number of carbonyl (C=O) groups excluding carboxylic acids is 1. The van der Waals surface area contributed by atoms with Crippen LogP contribution in [-0.4, -0.2) is 31.9 Å². The van der Waals surface area contributed by atoms with Crippen LogP contribution in [0.2, 0.25) is 0 Å². The fourth-order valence-electron chi connectivity index (χ4n) is 1.89. The van der Waals surface area contributed by atoms with Gasteiger partial charge in [-0.2, -0.15) is 0 Å². The van der Waals surface area contributed by atoms with E-state index in [-0.39, 0.29) is 18.8 Å². The van der Waals surface area contributed by atoms with Crippen LogP contribution in [0, 0.1) is 5.39 Å². The lowest BCUT2D eigenvalue weighted by Crippen LogP contribution is -2.07. The lowest BCUT2D eigenvalue weighted by Gasteiger charge is -2.05. The van der Waals surface area contributed by atoms with E-state index in [1.807, 2.05) is 12.1 Å². The monoisotopic (exact) mass is 345 g/mol. The minimum Gasteiger partial charge on any atom is -0.505 e. The van der Waals surface area contributed by atoms with E-state index in [1.165, 1.54) is 0 Å². The summed E-state index contributed by atoms with van der Waals surface area (Å²) < 4.78 is 15.0. The molecule has 0 saturated carbocycles. The van der Waals surface area contributed by atoms with Gasteiger partial charge in [-0.3, -0.25) is 0 Å². The molecule has 7 nitrogen and oxygen atoms in total. The Morgan fingerprint density at radius 3 is 2.44 bits per heavy atom. The van der Waals surface area contributed by atoms with Crippen LogP contribution >= 0.6 is 0 Å². The highest BCUT2D eigenvalue weighted by Crippen LogP contribution is 2.23. The molecule has 1 aromatic carbocycles. The number of methoxy groups -OCH3 is 2. The molecule has 0 unspecified atom stereocenters. The van der Waals surface area contributed by atoms with Gasteiger partial charge in [-0.05, 0) is 43.2 Å². The summed E-state index contributed by atoms with van der Waals surface area (Å²) in [5.74, 6) is 0.112. The third kappa shape index (κ3) is 6.42. The molecule has 1 rings (SSSR count). The van der Waals surface area contributed by atoms with E-state index in [2.05, 4.69) is 15.4 Å². The minimum atomic E-state index is -0.870. The number of nitrogens with zero attached hydrogens (tertiary/aromatic N) is 2. The quantitative estimate of drug-likeness (QED) is 0.253. The van der Waals surface area contributed by atoms with E-state index < -0.39 is 11.7 Å². The standard InChI is InChI=1S/C18H20N2O5/c1-4-25-18(22)17(20-19)16(21)9-7-5-6-8-13-10-14(23-2)12-15(11-13)24-3/h5,8,10-12H,4,7,9H2,1-3H3/p+1. The number of carbonyl (C=O) groups is 1. The van der Waals surface area contributed by atoms with Gasteiger partial charge < -0.3 is 19.3 Å². The molecule has 0 radical (unpaired) electrons. The van der Waals surface area contributed by atoms with Crippen molar-refractivity contribution >= 4 is 12.0 Å². The normalized spacial score (nSPS) is 10.6. The highest BCUT2D eigenvalue weighted by Gasteiger charge is 2.29. The Balaban J connectivity index is 2.76. The van der Waals surface area contributed by atoms with Gasteiger partial charge in [0.05, 0.1) is 20.8 Å². The van der Waals surface area contributed by atoms with Crippen LogP contribution in [0.1, 0.15) is 25.3 Å². The van der Waals surface area contributed by atoms with Crippen LogP contribution in [0.15, 0.2) is 41.5 Å². The minimum absolute atomic E-state index is 0.112. The van der Waals surface area contributed by atoms with E-state index in [1.54, 1.807) is 39.4 Å². The molecule has 0 bridgehead atoms. The Morgan fingerprint density at radius 2 is 1.92 bits per heavy atom. The topological polar surface area (TPSA) is 93.1 Å². The summed E-state index contributed by atoms with van der Waals surface area (Å²) in [6.07, 6.45) is 3.92. The smallest absolute Gasteiger partial charge is 0.505 e. The number of ether oxygens (including phenoxy) is 3. The Kier molecular flexibility index (Phi) is 8.34. The van der Waals surface area contributed by atoms with Crippen molar-refractivity contribution in [2.75, 3.05) is 20.8 Å². The fourth-order valence-corrected chi connectivity index (χ4v) is 1.89. The molecule has 0 aliphatic carbocycles. The van der Waals surface area contributed by atoms with Gasteiger partial charge in [-0.1, -0.05) is 0 Å². The molecule has 0 amide bonds. The number of aliphatic hydroxyl groups excluding tert-OH is 1. The lowest BCUT2D eigenvalue weighted by atomic mass is 10.2. The van der Waals surface area contributed by atoms with Crippen LogP contribution in [0.25, 0.3) is 11.1 Å². The Morgan fingerprint density at radius 1 is 1.28 bits per heavy atom. The zero-order valence-corrected chi connectivity index (χ0v) is 14.5. The van der Waals surface area contributed by atoms with Gasteiger partial charge in [0, 0.05) is 12.5 Å². The van der Waals surface area contributed by atoms with Crippen LogP contribution < -0.4 is 9.47 Å². The lowest BCUT2D eigenvalue weighted by molar-refractivity contribution is -0.138. The number of benzene rings is 1. The van der Waals surface area contributed by atoms with Crippen molar-refractivity contribution in [1.82, 2.24) is 0 Å². The summed E-state index contributed by atoms with van der Waals surface area (Å²) in [7, 11) is 3.14. The van der Waals surface area contributed by atoms with Gasteiger partial charge in [0.25, 0.3) is 0 Å². The molecular formula is C18H21N2O5+. The molecule has 0 fully saturated rings. The molecule has 0 aliphatic heterocycles. The molecule has 7 heteroatoms. The molecule has 0 saturated heterocycles. The van der Waals surface area contributed by atoms with E-state index in [0.29, 0.717) is 17.9 Å². The van der Waals surface area contributed by atoms with Crippen LogP contribution in [0.4, 0.5) is 0 Å². The van der Waals surface area contributed by atoms with Gasteiger partial charge in [-0.15, -0.1) is 5.73 Å². The summed E-state index contributed by atoms with van der Waals surface area (Å²) in [5, 5.41) is 18.6. The van der Waals surface area contributed by atoms with Crippen LogP contribution in [0.3, 0.4) is 0 Å². The number of hydrogen-bond donors (Lipinski definition) is 1. The zero-order chi connectivity index (χ0) is 18.7. The van der Waals surface area contributed by atoms with Crippen molar-refractivity contribution in [3.05, 3.63) is 52.0 Å². The molecule has 1 aromatic rings. The summed E-state index contributed by atoms with van der Waals surface area (Å²) in [6, 6.07) is 5.41. The van der Waals surface area contributed by atoms with Crippen molar-refractivity contribution in [2.45, 2.75) is 19.8 Å². The second kappa shape index (κ2) is 10.5. The van der Waals surface area contributed by atoms with Crippen LogP contribution in [-0.2, 0) is 9.53 Å². The molecule has 0 aliphatic rings. The van der Waals surface area contributed by atoms with Gasteiger partial charge in [-0.25, -0.2) is 4.79 Å². The van der Waals surface area contributed by atoms with Crippen LogP contribution in [0.5, 0.6) is 11.5 Å². The second-order valence-corrected chi connectivity index (χ2v) is 4.82. The Labute approximate surface area is 146 Å². The molecule has 132 valence electrons. The Bertz CT molecular complexity index is 718. The third-order valence-electron chi connectivity index (χ3n) is 3.11.